The Morgan fingerprint density at radius 3 is 2.55 bits per heavy atom. The van der Waals surface area contributed by atoms with E-state index in [2.05, 4.69) is 14.9 Å². The van der Waals surface area contributed by atoms with E-state index in [0.717, 1.165) is 11.1 Å². The minimum atomic E-state index is -0.725. The maximum absolute atomic E-state index is 15.2. The highest BCUT2D eigenvalue weighted by Gasteiger charge is 2.35. The molecule has 2 heterocycles. The third-order valence-electron chi connectivity index (χ3n) is 6.57. The van der Waals surface area contributed by atoms with Gasteiger partial charge < -0.3 is 24.8 Å². The van der Waals surface area contributed by atoms with Crippen LogP contribution < -0.4 is 15.4 Å². The molecular weight excluding hydrogens is 515 g/mol. The molecule has 2 N–H and O–H groups in total. The van der Waals surface area contributed by atoms with Crippen LogP contribution in [-0.4, -0.2) is 78.9 Å². The van der Waals surface area contributed by atoms with Gasteiger partial charge in [0.15, 0.2) is 24.2 Å². The lowest BCUT2D eigenvalue weighted by atomic mass is 10.1. The Bertz CT molecular complexity index is 1410. The number of aromatic nitrogens is 2. The molecule has 214 valence electrons. The van der Waals surface area contributed by atoms with Crippen molar-refractivity contribution in [3.8, 4) is 17.1 Å². The van der Waals surface area contributed by atoms with Crippen LogP contribution in [-0.2, 0) is 9.47 Å². The summed E-state index contributed by atoms with van der Waals surface area (Å²) in [5.41, 5.74) is 7.76. The number of carbonyl (C=O) groups excluding carboxylic acids is 1. The van der Waals surface area contributed by atoms with Crippen molar-refractivity contribution in [3.63, 3.8) is 0 Å². The number of anilines is 2. The molecule has 0 bridgehead atoms. The number of methoxy groups -OCH3 is 1. The second-order valence-corrected chi connectivity index (χ2v) is 10.9. The number of nitrogen functional groups attached to an aromatic ring is 1. The van der Waals surface area contributed by atoms with Crippen molar-refractivity contribution >= 4 is 34.6 Å². The highest BCUT2D eigenvalue weighted by atomic mass is 19.1. The van der Waals surface area contributed by atoms with E-state index in [4.69, 9.17) is 24.9 Å². The zero-order chi connectivity index (χ0) is 29.2. The molecule has 0 aliphatic carbocycles. The van der Waals surface area contributed by atoms with Gasteiger partial charge in [-0.2, -0.15) is 0 Å². The molecule has 0 unspecified atom stereocenters. The Balaban J connectivity index is 1.63. The molecule has 0 radical (unpaired) electrons. The van der Waals surface area contributed by atoms with Crippen molar-refractivity contribution in [3.05, 3.63) is 41.8 Å². The number of benzene rings is 2. The molecular formula is C29H37FN6O4. The highest BCUT2D eigenvalue weighted by molar-refractivity contribution is 5.91. The summed E-state index contributed by atoms with van der Waals surface area (Å²) in [5, 5.41) is 0.821. The van der Waals surface area contributed by atoms with Crippen LogP contribution in [0.4, 0.5) is 20.6 Å². The number of carbonyl (C=O) groups is 1. The fourth-order valence-electron chi connectivity index (χ4n) is 4.89. The number of hydrogen-bond donors (Lipinski definition) is 1. The quantitative estimate of drug-likeness (QED) is 0.261. The number of rotatable bonds is 6. The first-order valence-corrected chi connectivity index (χ1v) is 13.1. The van der Waals surface area contributed by atoms with Crippen LogP contribution in [0, 0.1) is 5.82 Å². The monoisotopic (exact) mass is 552 g/mol. The number of hydrogen-bond acceptors (Lipinski definition) is 9. The number of nitrogens with zero attached hydrogens (tertiary/aromatic N) is 5. The van der Waals surface area contributed by atoms with E-state index in [0.29, 0.717) is 29.7 Å². The molecule has 1 fully saturated rings. The number of amides is 1. The van der Waals surface area contributed by atoms with Crippen LogP contribution in [0.3, 0.4) is 0 Å². The van der Waals surface area contributed by atoms with Crippen LogP contribution in [0.1, 0.15) is 40.2 Å². The van der Waals surface area contributed by atoms with Gasteiger partial charge >= 0.3 is 6.09 Å². The van der Waals surface area contributed by atoms with Gasteiger partial charge in [0.1, 0.15) is 5.60 Å². The summed E-state index contributed by atoms with van der Waals surface area (Å²) in [6.45, 7) is 10.8. The van der Waals surface area contributed by atoms with Crippen LogP contribution >= 0.6 is 0 Å². The minimum Gasteiger partial charge on any atom is -0.464 e. The molecule has 1 aromatic heterocycles. The van der Waals surface area contributed by atoms with Crippen molar-refractivity contribution in [1.82, 2.24) is 14.9 Å². The number of fused-ring (bicyclic) bond motifs is 1. The standard InChI is InChI=1S/C29H37FN6O4/c1-17-14-35(15-18(2)36(17)28(37)40-29(3,4)5)21-8-9-23-19(10-21)13-33-27(34-23)22-11-20(12-32-6)25(31)24(30)26(22)39-16-38-7/h8-13,17-18H,14-16,31H2,1-7H3/t17-,18-/m1/s1. The molecule has 2 atom stereocenters. The molecule has 0 spiro atoms. The first kappa shape index (κ1) is 29.0. The van der Waals surface area contributed by atoms with Crippen molar-refractivity contribution in [2.45, 2.75) is 52.3 Å². The lowest BCUT2D eigenvalue weighted by molar-refractivity contribution is 0.00566. The summed E-state index contributed by atoms with van der Waals surface area (Å²) in [7, 11) is 3.03. The predicted octanol–water partition coefficient (Wildman–Crippen LogP) is 4.88. The number of halogens is 1. The molecule has 11 heteroatoms. The Morgan fingerprint density at radius 1 is 1.23 bits per heavy atom. The van der Waals surface area contributed by atoms with Gasteiger partial charge in [-0.1, -0.05) is 0 Å². The maximum Gasteiger partial charge on any atom is 0.410 e. The third kappa shape index (κ3) is 6.09. The van der Waals surface area contributed by atoms with Crippen LogP contribution in [0.5, 0.6) is 5.75 Å². The lowest BCUT2D eigenvalue weighted by Crippen LogP contribution is -2.59. The third-order valence-corrected chi connectivity index (χ3v) is 6.57. The van der Waals surface area contributed by atoms with E-state index in [9.17, 15) is 4.79 Å². The summed E-state index contributed by atoms with van der Waals surface area (Å²) in [6, 6.07) is 7.48. The van der Waals surface area contributed by atoms with E-state index in [1.54, 1.807) is 19.3 Å². The van der Waals surface area contributed by atoms with E-state index in [1.807, 2.05) is 57.7 Å². The van der Waals surface area contributed by atoms with Gasteiger partial charge in [-0.3, -0.25) is 9.89 Å². The van der Waals surface area contributed by atoms with Gasteiger partial charge in [0, 0.05) is 56.3 Å². The molecule has 1 saturated heterocycles. The van der Waals surface area contributed by atoms with Gasteiger partial charge in [-0.25, -0.2) is 19.2 Å². The van der Waals surface area contributed by atoms with Gasteiger partial charge in [0.2, 0.25) is 0 Å². The Kier molecular flexibility index (Phi) is 8.43. The van der Waals surface area contributed by atoms with Gasteiger partial charge in [-0.15, -0.1) is 0 Å². The van der Waals surface area contributed by atoms with Gasteiger partial charge in [0.25, 0.3) is 0 Å². The average molecular weight is 553 g/mol. The fraction of sp³-hybridized carbons (Fsp3) is 0.448. The zero-order valence-corrected chi connectivity index (χ0v) is 24.1. The summed E-state index contributed by atoms with van der Waals surface area (Å²) in [4.78, 5) is 30.0. The number of piperazine rings is 1. The summed E-state index contributed by atoms with van der Waals surface area (Å²) in [6.07, 6.45) is 2.88. The van der Waals surface area contributed by atoms with Gasteiger partial charge in [-0.05, 0) is 58.9 Å². The van der Waals surface area contributed by atoms with Crippen molar-refractivity contribution in [2.75, 3.05) is 44.7 Å². The lowest BCUT2D eigenvalue weighted by Gasteiger charge is -2.45. The smallest absolute Gasteiger partial charge is 0.410 e. The van der Waals surface area contributed by atoms with Crippen LogP contribution in [0.2, 0.25) is 0 Å². The Labute approximate surface area is 234 Å². The highest BCUT2D eigenvalue weighted by Crippen LogP contribution is 2.37. The average Bonchev–Trinajstić information content (AvgIpc) is 2.88. The fourth-order valence-corrected chi connectivity index (χ4v) is 4.89. The largest absolute Gasteiger partial charge is 0.464 e. The first-order valence-electron chi connectivity index (χ1n) is 13.1. The molecule has 0 saturated carbocycles. The van der Waals surface area contributed by atoms with Crippen molar-refractivity contribution in [2.24, 2.45) is 4.99 Å². The van der Waals surface area contributed by atoms with E-state index in [1.165, 1.54) is 13.3 Å². The molecule has 1 aliphatic heterocycles. The SMILES string of the molecule is CN=Cc1cc(-c2ncc3cc(N4C[C@@H](C)N(C(=O)OC(C)(C)C)[C@H](C)C4)ccc3n2)c(OCOC)c(F)c1N. The van der Waals surface area contributed by atoms with E-state index in [-0.39, 0.29) is 42.2 Å². The number of nitrogens with two attached hydrogens (primary N) is 1. The molecule has 1 amide bonds. The minimum absolute atomic E-state index is 0.0419. The Morgan fingerprint density at radius 2 is 1.93 bits per heavy atom. The van der Waals surface area contributed by atoms with Crippen molar-refractivity contribution in [1.29, 1.82) is 0 Å². The second kappa shape index (κ2) is 11.6. The van der Waals surface area contributed by atoms with Crippen LogP contribution in [0.25, 0.3) is 22.3 Å². The second-order valence-electron chi connectivity index (χ2n) is 10.9. The topological polar surface area (TPSA) is 115 Å². The summed E-state index contributed by atoms with van der Waals surface area (Å²) >= 11 is 0. The normalized spacial score (nSPS) is 18.0. The molecule has 4 rings (SSSR count). The predicted molar refractivity (Wildman–Crippen MR) is 155 cm³/mol. The van der Waals surface area contributed by atoms with E-state index >= 15 is 4.39 Å². The molecule has 40 heavy (non-hydrogen) atoms. The maximum atomic E-state index is 15.2. The van der Waals surface area contributed by atoms with E-state index < -0.39 is 11.4 Å². The van der Waals surface area contributed by atoms with Crippen molar-refractivity contribution < 1.29 is 23.4 Å². The molecule has 3 aromatic rings. The molecule has 10 nitrogen and oxygen atoms in total. The molecule has 1 aliphatic rings. The first-order chi connectivity index (χ1) is 18.9. The number of ether oxygens (including phenoxy) is 3. The Hall–Kier alpha value is -3.99. The molecule has 2 aromatic carbocycles. The van der Waals surface area contributed by atoms with Gasteiger partial charge in [0.05, 0.1) is 28.9 Å². The number of aliphatic imine (C=N–C) groups is 1. The van der Waals surface area contributed by atoms with Crippen LogP contribution in [0.15, 0.2) is 35.5 Å². The summed E-state index contributed by atoms with van der Waals surface area (Å²) < 4.78 is 31.3. The summed E-state index contributed by atoms with van der Waals surface area (Å²) in [5.74, 6) is -0.532. The zero-order valence-electron chi connectivity index (χ0n) is 24.1.